The van der Waals surface area contributed by atoms with Crippen molar-refractivity contribution in [2.75, 3.05) is 20.8 Å². The van der Waals surface area contributed by atoms with E-state index in [2.05, 4.69) is 12.2 Å². The van der Waals surface area contributed by atoms with Gasteiger partial charge >= 0.3 is 0 Å². The summed E-state index contributed by atoms with van der Waals surface area (Å²) in [5.74, 6) is 0.939. The molecule has 1 aromatic rings. The molecule has 6 heteroatoms. The van der Waals surface area contributed by atoms with Crippen LogP contribution in [-0.4, -0.2) is 43.5 Å². The summed E-state index contributed by atoms with van der Waals surface area (Å²) in [5.41, 5.74) is 1.74. The van der Waals surface area contributed by atoms with Crippen LogP contribution < -0.4 is 14.8 Å². The van der Waals surface area contributed by atoms with Crippen molar-refractivity contribution in [3.8, 4) is 11.5 Å². The number of nitrogens with zero attached hydrogens (tertiary/aromatic N) is 1. The van der Waals surface area contributed by atoms with E-state index in [0.29, 0.717) is 11.5 Å². The number of nitrogens with one attached hydrogen (secondary N) is 1. The van der Waals surface area contributed by atoms with Gasteiger partial charge in [0.15, 0.2) is 11.5 Å². The Hall–Kier alpha value is -2.50. The molecule has 2 rings (SSSR count). The minimum absolute atomic E-state index is 0.0235. The highest BCUT2D eigenvalue weighted by Crippen LogP contribution is 2.32. The van der Waals surface area contributed by atoms with Crippen LogP contribution in [-0.2, 0) is 16.0 Å². The van der Waals surface area contributed by atoms with Gasteiger partial charge in [-0.3, -0.25) is 9.59 Å². The smallest absolute Gasteiger partial charge is 0.240 e. The third kappa shape index (κ3) is 5.74. The minimum Gasteiger partial charge on any atom is -0.493 e. The molecule has 1 aliphatic rings. The molecule has 27 heavy (non-hydrogen) atoms. The molecule has 148 valence electrons. The van der Waals surface area contributed by atoms with Crippen molar-refractivity contribution in [2.45, 2.75) is 52.0 Å². The summed E-state index contributed by atoms with van der Waals surface area (Å²) >= 11 is 0. The van der Waals surface area contributed by atoms with Gasteiger partial charge < -0.3 is 19.7 Å². The average Bonchev–Trinajstić information content (AvgIpc) is 2.79. The molecule has 0 unspecified atom stereocenters. The van der Waals surface area contributed by atoms with Crippen molar-refractivity contribution in [2.24, 2.45) is 0 Å². The van der Waals surface area contributed by atoms with Crippen LogP contribution >= 0.6 is 0 Å². The fourth-order valence-corrected chi connectivity index (χ4v) is 3.15. The van der Waals surface area contributed by atoms with Crippen LogP contribution in [0, 0.1) is 0 Å². The first-order chi connectivity index (χ1) is 13.0. The lowest BCUT2D eigenvalue weighted by atomic mass is 10.0. The first-order valence-corrected chi connectivity index (χ1v) is 9.50. The molecule has 0 aromatic heterocycles. The molecular formula is C21H30N2O4. The van der Waals surface area contributed by atoms with Gasteiger partial charge in [0.1, 0.15) is 6.54 Å². The van der Waals surface area contributed by atoms with Gasteiger partial charge in [-0.25, -0.2) is 0 Å². The number of rotatable bonds is 9. The Morgan fingerprint density at radius 1 is 1.22 bits per heavy atom. The van der Waals surface area contributed by atoms with Crippen LogP contribution in [0.15, 0.2) is 18.3 Å². The van der Waals surface area contributed by atoms with Crippen LogP contribution in [0.4, 0.5) is 0 Å². The van der Waals surface area contributed by atoms with Crippen molar-refractivity contribution in [1.29, 1.82) is 0 Å². The zero-order valence-corrected chi connectivity index (χ0v) is 16.7. The van der Waals surface area contributed by atoms with Crippen LogP contribution in [0.1, 0.15) is 50.7 Å². The predicted molar refractivity (Wildman–Crippen MR) is 106 cm³/mol. The molecule has 1 aromatic carbocycles. The molecule has 0 bridgehead atoms. The first kappa shape index (κ1) is 20.8. The Kier molecular flexibility index (Phi) is 7.70. The van der Waals surface area contributed by atoms with E-state index in [0.717, 1.165) is 30.4 Å². The van der Waals surface area contributed by atoms with Crippen LogP contribution in [0.2, 0.25) is 0 Å². The van der Waals surface area contributed by atoms with Crippen molar-refractivity contribution in [3.63, 3.8) is 0 Å². The fourth-order valence-electron chi connectivity index (χ4n) is 3.15. The van der Waals surface area contributed by atoms with Gasteiger partial charge in [0.2, 0.25) is 11.8 Å². The lowest BCUT2D eigenvalue weighted by molar-refractivity contribution is -0.133. The third-order valence-electron chi connectivity index (χ3n) is 4.70. The quantitative estimate of drug-likeness (QED) is 0.674. The lowest BCUT2D eigenvalue weighted by Gasteiger charge is -2.19. The van der Waals surface area contributed by atoms with E-state index in [4.69, 9.17) is 9.47 Å². The summed E-state index contributed by atoms with van der Waals surface area (Å²) in [7, 11) is 3.14. The number of carbonyl (C=O) groups is 2. The second-order valence-corrected chi connectivity index (χ2v) is 6.88. The van der Waals surface area contributed by atoms with Crippen LogP contribution in [0.5, 0.6) is 11.5 Å². The van der Waals surface area contributed by atoms with Gasteiger partial charge in [0, 0.05) is 12.2 Å². The topological polar surface area (TPSA) is 67.9 Å². The Morgan fingerprint density at radius 3 is 2.59 bits per heavy atom. The van der Waals surface area contributed by atoms with E-state index in [1.165, 1.54) is 11.3 Å². The zero-order valence-electron chi connectivity index (χ0n) is 16.7. The minimum atomic E-state index is -0.141. The number of hydrogen-bond donors (Lipinski definition) is 1. The van der Waals surface area contributed by atoms with Gasteiger partial charge in [-0.2, -0.15) is 0 Å². The number of ether oxygens (including phenoxy) is 2. The second-order valence-electron chi connectivity index (χ2n) is 6.88. The number of unbranched alkanes of at least 4 members (excludes halogenated alkanes) is 2. The molecule has 1 atom stereocenters. The molecule has 0 saturated carbocycles. The summed E-state index contributed by atoms with van der Waals surface area (Å²) in [6.07, 6.45) is 8.08. The van der Waals surface area contributed by atoms with Gasteiger partial charge in [-0.15, -0.1) is 0 Å². The number of benzene rings is 1. The van der Waals surface area contributed by atoms with Gasteiger partial charge in [-0.1, -0.05) is 26.2 Å². The summed E-state index contributed by atoms with van der Waals surface area (Å²) in [6.45, 7) is 4.18. The summed E-state index contributed by atoms with van der Waals surface area (Å²) in [5, 5.41) is 2.98. The molecule has 0 aliphatic carbocycles. The molecule has 0 fully saturated rings. The number of carbonyl (C=O) groups excluding carboxylic acids is 2. The van der Waals surface area contributed by atoms with Crippen molar-refractivity contribution in [3.05, 3.63) is 29.5 Å². The Balaban J connectivity index is 2.02. The number of amides is 2. The van der Waals surface area contributed by atoms with Gasteiger partial charge in [-0.05, 0) is 42.7 Å². The summed E-state index contributed by atoms with van der Waals surface area (Å²) in [4.78, 5) is 26.4. The molecule has 0 spiro atoms. The normalized spacial score (nSPS) is 14.4. The second kappa shape index (κ2) is 10.00. The van der Waals surface area contributed by atoms with Crippen molar-refractivity contribution < 1.29 is 19.1 Å². The van der Waals surface area contributed by atoms with E-state index in [1.807, 2.05) is 25.1 Å². The standard InChI is InChI=1S/C21H30N2O4/c1-5-6-7-8-15(2)22-20(24)14-23-10-9-16-11-18(26-3)19(27-4)12-17(16)13-21(23)25/h9-12,15H,5-8,13-14H2,1-4H3,(H,22,24)/t15-/m0/s1. The largest absolute Gasteiger partial charge is 0.493 e. The maximum absolute atomic E-state index is 12.6. The molecule has 1 heterocycles. The Bertz CT molecular complexity index is 700. The average molecular weight is 374 g/mol. The molecule has 1 N–H and O–H groups in total. The van der Waals surface area contributed by atoms with Gasteiger partial charge in [0.05, 0.1) is 20.6 Å². The molecule has 6 nitrogen and oxygen atoms in total. The monoisotopic (exact) mass is 374 g/mol. The maximum atomic E-state index is 12.6. The SMILES string of the molecule is CCCCC[C@H](C)NC(=O)CN1C=Cc2cc(OC)c(OC)cc2CC1=O. The van der Waals surface area contributed by atoms with Crippen molar-refractivity contribution >= 4 is 17.9 Å². The van der Waals surface area contributed by atoms with E-state index in [9.17, 15) is 9.59 Å². The Labute approximate surface area is 161 Å². The molecule has 0 radical (unpaired) electrons. The molecule has 0 saturated heterocycles. The highest BCUT2D eigenvalue weighted by molar-refractivity contribution is 5.89. The molecule has 2 amide bonds. The number of hydrogen-bond acceptors (Lipinski definition) is 4. The third-order valence-corrected chi connectivity index (χ3v) is 4.70. The predicted octanol–water partition coefficient (Wildman–Crippen LogP) is 3.14. The summed E-state index contributed by atoms with van der Waals surface area (Å²) < 4.78 is 10.6. The van der Waals surface area contributed by atoms with E-state index in [1.54, 1.807) is 20.4 Å². The highest BCUT2D eigenvalue weighted by atomic mass is 16.5. The lowest BCUT2D eigenvalue weighted by Crippen LogP contribution is -2.41. The van der Waals surface area contributed by atoms with E-state index in [-0.39, 0.29) is 30.8 Å². The first-order valence-electron chi connectivity index (χ1n) is 9.50. The van der Waals surface area contributed by atoms with Crippen molar-refractivity contribution in [1.82, 2.24) is 10.2 Å². The maximum Gasteiger partial charge on any atom is 0.240 e. The highest BCUT2D eigenvalue weighted by Gasteiger charge is 2.21. The molecular weight excluding hydrogens is 344 g/mol. The Morgan fingerprint density at radius 2 is 1.93 bits per heavy atom. The summed E-state index contributed by atoms with van der Waals surface area (Å²) in [6, 6.07) is 3.77. The zero-order chi connectivity index (χ0) is 19.8. The number of fused-ring (bicyclic) bond motifs is 1. The van der Waals surface area contributed by atoms with E-state index >= 15 is 0 Å². The van der Waals surface area contributed by atoms with E-state index < -0.39 is 0 Å². The van der Waals surface area contributed by atoms with Crippen LogP contribution in [0.3, 0.4) is 0 Å². The van der Waals surface area contributed by atoms with Crippen LogP contribution in [0.25, 0.3) is 6.08 Å². The van der Waals surface area contributed by atoms with Gasteiger partial charge in [0.25, 0.3) is 0 Å². The number of methoxy groups -OCH3 is 2. The molecule has 1 aliphatic heterocycles. The fraction of sp³-hybridized carbons (Fsp3) is 0.524.